The largest absolute Gasteiger partial charge is 0.368 e. The van der Waals surface area contributed by atoms with Gasteiger partial charge in [-0.25, -0.2) is 4.39 Å². The van der Waals surface area contributed by atoms with Gasteiger partial charge < -0.3 is 20.9 Å². The van der Waals surface area contributed by atoms with Crippen LogP contribution in [0.25, 0.3) is 10.9 Å². The number of nitrogens with two attached hydrogens (primary N) is 1. The number of fused-ring (bicyclic) bond motifs is 2. The van der Waals surface area contributed by atoms with Crippen molar-refractivity contribution in [3.8, 4) is 0 Å². The number of aromatic nitrogens is 1. The Morgan fingerprint density at radius 2 is 2.12 bits per heavy atom. The number of benzene rings is 1. The van der Waals surface area contributed by atoms with Crippen molar-refractivity contribution in [2.45, 2.75) is 13.3 Å². The Morgan fingerprint density at radius 3 is 2.84 bits per heavy atom. The first kappa shape index (κ1) is 18.3. The lowest BCUT2D eigenvalue weighted by molar-refractivity contribution is 0.100. The predicted molar refractivity (Wildman–Crippen MR) is 100 cm³/mol. The maximum atomic E-state index is 14.9. The summed E-state index contributed by atoms with van der Waals surface area (Å²) in [6, 6.07) is 1.23. The first-order chi connectivity index (χ1) is 11.5. The number of aryl methyl sites for hydroxylation is 1. The van der Waals surface area contributed by atoms with E-state index in [-0.39, 0.29) is 18.0 Å². The van der Waals surface area contributed by atoms with Crippen molar-refractivity contribution < 1.29 is 9.18 Å². The first-order valence-electron chi connectivity index (χ1n) is 8.23. The van der Waals surface area contributed by atoms with Crippen LogP contribution in [0.2, 0.25) is 5.02 Å². The van der Waals surface area contributed by atoms with Gasteiger partial charge in [0.05, 0.1) is 21.8 Å². The Morgan fingerprint density at radius 1 is 1.40 bits per heavy atom. The summed E-state index contributed by atoms with van der Waals surface area (Å²) in [6.45, 7) is 5.39. The second kappa shape index (κ2) is 6.67. The van der Waals surface area contributed by atoms with Gasteiger partial charge >= 0.3 is 0 Å². The number of H-pyrrole nitrogens is 1. The number of nitrogens with zero attached hydrogens (tertiary/aromatic N) is 1. The van der Waals surface area contributed by atoms with E-state index in [2.05, 4.69) is 15.2 Å². The Bertz CT molecular complexity index is 838. The molecule has 4 N–H and O–H groups in total. The quantitative estimate of drug-likeness (QED) is 0.742. The molecule has 1 aromatic heterocycles. The highest BCUT2D eigenvalue weighted by Gasteiger charge is 2.35. The number of nitrogens with one attached hydrogen (secondary N) is 2. The van der Waals surface area contributed by atoms with Crippen molar-refractivity contribution in [3.63, 3.8) is 0 Å². The molecule has 25 heavy (non-hydrogen) atoms. The maximum absolute atomic E-state index is 14.9. The smallest absolute Gasteiger partial charge is 0.250 e. The number of carbonyl (C=O) groups is 1. The highest BCUT2D eigenvalue weighted by atomic mass is 35.5. The second-order valence-electron chi connectivity index (χ2n) is 6.85. The van der Waals surface area contributed by atoms with Crippen LogP contribution in [0.1, 0.15) is 22.5 Å². The third-order valence-electron chi connectivity index (χ3n) is 5.40. The van der Waals surface area contributed by atoms with E-state index >= 15 is 0 Å². The molecule has 2 aromatic rings. The molecule has 0 saturated carbocycles. The third-order valence-corrected chi connectivity index (χ3v) is 5.87. The molecule has 2 saturated heterocycles. The number of halogens is 3. The van der Waals surface area contributed by atoms with E-state index in [1.807, 2.05) is 6.92 Å². The van der Waals surface area contributed by atoms with Crippen molar-refractivity contribution >= 4 is 46.5 Å². The van der Waals surface area contributed by atoms with Gasteiger partial charge in [-0.05, 0) is 44.3 Å². The fourth-order valence-corrected chi connectivity index (χ4v) is 4.39. The molecule has 0 radical (unpaired) electrons. The summed E-state index contributed by atoms with van der Waals surface area (Å²) >= 11 is 6.44. The number of hydrogen-bond acceptors (Lipinski definition) is 3. The summed E-state index contributed by atoms with van der Waals surface area (Å²) in [7, 11) is 0. The minimum atomic E-state index is -0.665. The van der Waals surface area contributed by atoms with Crippen LogP contribution >= 0.6 is 24.0 Å². The van der Waals surface area contributed by atoms with E-state index in [0.29, 0.717) is 39.1 Å². The normalized spacial score (nSPS) is 22.8. The van der Waals surface area contributed by atoms with E-state index in [1.165, 1.54) is 6.07 Å². The number of piperidine rings is 1. The molecular weight excluding hydrogens is 366 g/mol. The standard InChI is InChI=1S/C17H20ClFN4O.ClH/c1-8-14(18)13-15(22-8)11(17(20)24)4-12(19)16(13)23-3-2-9-5-21-6-10(9)7-23;/h4,9-10,21-22H,2-3,5-7H2,1H3,(H2,20,24);1H. The number of amides is 1. The van der Waals surface area contributed by atoms with E-state index in [0.717, 1.165) is 32.6 Å². The molecule has 8 heteroatoms. The van der Waals surface area contributed by atoms with Gasteiger partial charge in [-0.3, -0.25) is 4.79 Å². The SMILES string of the molecule is Cc1[nH]c2c(C(N)=O)cc(F)c(N3CCC4CNCC4C3)c2c1Cl.Cl. The number of primary amides is 1. The maximum Gasteiger partial charge on any atom is 0.250 e. The van der Waals surface area contributed by atoms with Gasteiger partial charge in [-0.1, -0.05) is 11.6 Å². The lowest BCUT2D eigenvalue weighted by atomic mass is 9.88. The van der Waals surface area contributed by atoms with Crippen molar-refractivity contribution in [2.24, 2.45) is 17.6 Å². The average molecular weight is 387 g/mol. The zero-order valence-electron chi connectivity index (χ0n) is 13.9. The minimum Gasteiger partial charge on any atom is -0.368 e. The van der Waals surface area contributed by atoms with Gasteiger partial charge in [0.25, 0.3) is 5.91 Å². The summed E-state index contributed by atoms with van der Waals surface area (Å²) in [4.78, 5) is 16.9. The summed E-state index contributed by atoms with van der Waals surface area (Å²) in [5.74, 6) is 0.0691. The molecule has 2 fully saturated rings. The number of carbonyl (C=O) groups excluding carboxylic acids is 1. The minimum absolute atomic E-state index is 0. The monoisotopic (exact) mass is 386 g/mol. The van der Waals surface area contributed by atoms with Crippen molar-refractivity contribution in [1.29, 1.82) is 0 Å². The number of anilines is 1. The number of hydrogen-bond donors (Lipinski definition) is 3. The number of rotatable bonds is 2. The summed E-state index contributed by atoms with van der Waals surface area (Å²) < 4.78 is 14.9. The fraction of sp³-hybridized carbons (Fsp3) is 0.471. The van der Waals surface area contributed by atoms with Crippen LogP contribution in [0.3, 0.4) is 0 Å². The Hall–Kier alpha value is -1.50. The molecule has 0 bridgehead atoms. The fourth-order valence-electron chi connectivity index (χ4n) is 4.15. The Labute approximate surface area is 156 Å². The Balaban J connectivity index is 0.00000182. The highest BCUT2D eigenvalue weighted by Crippen LogP contribution is 2.41. The Kier molecular flexibility index (Phi) is 4.88. The molecule has 1 amide bonds. The highest BCUT2D eigenvalue weighted by molar-refractivity contribution is 6.38. The molecule has 5 nitrogen and oxygen atoms in total. The van der Waals surface area contributed by atoms with Gasteiger partial charge in [0.2, 0.25) is 0 Å². The molecule has 2 aliphatic rings. The van der Waals surface area contributed by atoms with E-state index < -0.39 is 11.7 Å². The molecule has 0 spiro atoms. The second-order valence-corrected chi connectivity index (χ2v) is 7.22. The van der Waals surface area contributed by atoms with Gasteiger partial charge in [-0.15, -0.1) is 12.4 Å². The van der Waals surface area contributed by atoms with Gasteiger partial charge in [0.15, 0.2) is 0 Å². The predicted octanol–water partition coefficient (Wildman–Crippen LogP) is 2.84. The molecule has 136 valence electrons. The molecule has 3 heterocycles. The van der Waals surface area contributed by atoms with Gasteiger partial charge in [0.1, 0.15) is 5.82 Å². The summed E-state index contributed by atoms with van der Waals surface area (Å²) in [5, 5.41) is 4.43. The van der Waals surface area contributed by atoms with Crippen LogP contribution < -0.4 is 16.0 Å². The van der Waals surface area contributed by atoms with E-state index in [1.54, 1.807) is 0 Å². The van der Waals surface area contributed by atoms with Crippen LogP contribution in [0.15, 0.2) is 6.07 Å². The van der Waals surface area contributed by atoms with Crippen molar-refractivity contribution in [2.75, 3.05) is 31.1 Å². The molecule has 2 aliphatic heterocycles. The topological polar surface area (TPSA) is 74.2 Å². The molecular formula is C17H21Cl2FN4O. The lowest BCUT2D eigenvalue weighted by Gasteiger charge is -2.36. The van der Waals surface area contributed by atoms with E-state index in [4.69, 9.17) is 17.3 Å². The van der Waals surface area contributed by atoms with Gasteiger partial charge in [-0.2, -0.15) is 0 Å². The summed E-state index contributed by atoms with van der Waals surface area (Å²) in [5.41, 5.74) is 7.26. The zero-order chi connectivity index (χ0) is 17.0. The van der Waals surface area contributed by atoms with Crippen LogP contribution in [-0.2, 0) is 0 Å². The molecule has 2 atom stereocenters. The average Bonchev–Trinajstić information content (AvgIpc) is 3.12. The van der Waals surface area contributed by atoms with E-state index in [9.17, 15) is 9.18 Å². The molecule has 1 aromatic carbocycles. The molecule has 4 rings (SSSR count). The molecule has 0 aliphatic carbocycles. The van der Waals surface area contributed by atoms with Crippen molar-refractivity contribution in [1.82, 2.24) is 10.3 Å². The van der Waals surface area contributed by atoms with Crippen LogP contribution in [-0.4, -0.2) is 37.1 Å². The van der Waals surface area contributed by atoms with Crippen LogP contribution in [0, 0.1) is 24.6 Å². The van der Waals surface area contributed by atoms with Gasteiger partial charge in [0, 0.05) is 24.2 Å². The number of aromatic amines is 1. The first-order valence-corrected chi connectivity index (χ1v) is 8.61. The van der Waals surface area contributed by atoms with Crippen LogP contribution in [0.4, 0.5) is 10.1 Å². The third kappa shape index (κ3) is 2.86. The summed E-state index contributed by atoms with van der Waals surface area (Å²) in [6.07, 6.45) is 1.02. The lowest BCUT2D eigenvalue weighted by Crippen LogP contribution is -2.40. The van der Waals surface area contributed by atoms with Crippen molar-refractivity contribution in [3.05, 3.63) is 28.2 Å². The van der Waals surface area contributed by atoms with Crippen LogP contribution in [0.5, 0.6) is 0 Å². The zero-order valence-corrected chi connectivity index (χ0v) is 15.4. The molecule has 2 unspecified atom stereocenters.